The molecule has 0 saturated heterocycles. The van der Waals surface area contributed by atoms with Crippen molar-refractivity contribution >= 4 is 35.1 Å². The Bertz CT molecular complexity index is 825. The number of carbonyl (C=O) groups is 2. The highest BCUT2D eigenvalue weighted by Crippen LogP contribution is 2.15. The van der Waals surface area contributed by atoms with E-state index in [4.69, 9.17) is 20.4 Å². The molecule has 0 saturated carbocycles. The molecule has 8 heteroatoms. The van der Waals surface area contributed by atoms with Crippen LogP contribution >= 0.6 is 11.6 Å². The maximum atomic E-state index is 12.0. The van der Waals surface area contributed by atoms with Crippen LogP contribution in [-0.4, -0.2) is 16.8 Å². The number of carbonyl (C=O) groups excluding carboxylic acids is 2. The van der Waals surface area contributed by atoms with E-state index in [0.29, 0.717) is 10.7 Å². The van der Waals surface area contributed by atoms with E-state index in [2.05, 4.69) is 15.6 Å². The monoisotopic (exact) mass is 331 g/mol. The summed E-state index contributed by atoms with van der Waals surface area (Å²) in [4.78, 5) is 27.7. The number of amides is 2. The van der Waals surface area contributed by atoms with Crippen molar-refractivity contribution in [1.82, 2.24) is 4.98 Å². The van der Waals surface area contributed by atoms with Crippen molar-refractivity contribution < 1.29 is 18.4 Å². The lowest BCUT2D eigenvalue weighted by atomic mass is 10.3. The van der Waals surface area contributed by atoms with Gasteiger partial charge in [0.15, 0.2) is 11.5 Å². The lowest BCUT2D eigenvalue weighted by Crippen LogP contribution is -2.14. The smallest absolute Gasteiger partial charge is 0.302 e. The summed E-state index contributed by atoms with van der Waals surface area (Å²) >= 11 is 5.77. The van der Waals surface area contributed by atoms with Gasteiger partial charge in [0.2, 0.25) is 0 Å². The van der Waals surface area contributed by atoms with Crippen LogP contribution in [0.15, 0.2) is 57.8 Å². The van der Waals surface area contributed by atoms with Crippen LogP contribution in [0.2, 0.25) is 5.02 Å². The Morgan fingerprint density at radius 3 is 2.48 bits per heavy atom. The lowest BCUT2D eigenvalue weighted by molar-refractivity contribution is 0.0990. The first-order valence-electron chi connectivity index (χ1n) is 6.49. The Morgan fingerprint density at radius 2 is 1.78 bits per heavy atom. The van der Waals surface area contributed by atoms with Gasteiger partial charge in [-0.05, 0) is 36.4 Å². The summed E-state index contributed by atoms with van der Waals surface area (Å²) in [6.45, 7) is 0. The lowest BCUT2D eigenvalue weighted by Gasteiger charge is -2.02. The highest BCUT2D eigenvalue weighted by atomic mass is 35.5. The molecule has 7 nitrogen and oxygen atoms in total. The zero-order chi connectivity index (χ0) is 16.2. The second-order valence-corrected chi connectivity index (χ2v) is 4.87. The number of anilines is 2. The molecule has 0 bridgehead atoms. The zero-order valence-electron chi connectivity index (χ0n) is 11.6. The van der Waals surface area contributed by atoms with Gasteiger partial charge >= 0.3 is 6.01 Å². The molecule has 3 rings (SSSR count). The Hall–Kier alpha value is -3.06. The standard InChI is InChI=1S/C15H10ClN3O4/c16-9-3-5-10(6-4-9)17-13(20)11-8-23-15(18-11)19-14(21)12-2-1-7-22-12/h1-8H,(H,17,20)(H,18,19,21). The van der Waals surface area contributed by atoms with E-state index in [-0.39, 0.29) is 17.5 Å². The fraction of sp³-hybridized carbons (Fsp3) is 0. The van der Waals surface area contributed by atoms with Gasteiger partial charge in [0.05, 0.1) is 6.26 Å². The van der Waals surface area contributed by atoms with Crippen molar-refractivity contribution in [3.63, 3.8) is 0 Å². The first kappa shape index (κ1) is 14.9. The molecule has 2 aromatic heterocycles. The number of halogens is 1. The van der Waals surface area contributed by atoms with E-state index >= 15 is 0 Å². The molecule has 3 aromatic rings. The van der Waals surface area contributed by atoms with Crippen LogP contribution < -0.4 is 10.6 Å². The Balaban J connectivity index is 1.65. The zero-order valence-corrected chi connectivity index (χ0v) is 12.3. The van der Waals surface area contributed by atoms with Crippen LogP contribution in [0.25, 0.3) is 0 Å². The van der Waals surface area contributed by atoms with Crippen LogP contribution in [0.4, 0.5) is 11.7 Å². The minimum absolute atomic E-state index is 0.0229. The number of rotatable bonds is 4. The third-order valence-corrected chi connectivity index (χ3v) is 3.06. The van der Waals surface area contributed by atoms with Gasteiger partial charge in [-0.3, -0.25) is 14.9 Å². The Kier molecular flexibility index (Phi) is 4.11. The normalized spacial score (nSPS) is 10.3. The molecule has 0 aliphatic carbocycles. The van der Waals surface area contributed by atoms with Gasteiger partial charge in [-0.15, -0.1) is 0 Å². The molecule has 0 fully saturated rings. The highest BCUT2D eigenvalue weighted by Gasteiger charge is 2.16. The van der Waals surface area contributed by atoms with Crippen molar-refractivity contribution in [1.29, 1.82) is 0 Å². The summed E-state index contributed by atoms with van der Waals surface area (Å²) in [6.07, 6.45) is 2.51. The van der Waals surface area contributed by atoms with Crippen LogP contribution in [0.3, 0.4) is 0 Å². The number of nitrogens with zero attached hydrogens (tertiary/aromatic N) is 1. The molecule has 0 atom stereocenters. The summed E-state index contributed by atoms with van der Waals surface area (Å²) in [5.74, 6) is -0.897. The quantitative estimate of drug-likeness (QED) is 0.763. The summed E-state index contributed by atoms with van der Waals surface area (Å²) < 4.78 is 9.98. The molecule has 116 valence electrons. The average Bonchev–Trinajstić information content (AvgIpc) is 3.20. The summed E-state index contributed by atoms with van der Waals surface area (Å²) in [6, 6.07) is 9.57. The minimum Gasteiger partial charge on any atom is -0.459 e. The van der Waals surface area contributed by atoms with Gasteiger partial charge < -0.3 is 14.2 Å². The van der Waals surface area contributed by atoms with Crippen LogP contribution in [0, 0.1) is 0 Å². The predicted octanol–water partition coefficient (Wildman–Crippen LogP) is 3.43. The van der Waals surface area contributed by atoms with Crippen LogP contribution in [-0.2, 0) is 0 Å². The SMILES string of the molecule is O=C(Nc1ccc(Cl)cc1)c1coc(NC(=O)c2ccco2)n1. The van der Waals surface area contributed by atoms with Crippen molar-refractivity contribution in [2.24, 2.45) is 0 Å². The Labute approximate surface area is 135 Å². The van der Waals surface area contributed by atoms with Gasteiger partial charge in [0.1, 0.15) is 6.26 Å². The number of benzene rings is 1. The van der Waals surface area contributed by atoms with Crippen molar-refractivity contribution in [2.45, 2.75) is 0 Å². The maximum Gasteiger partial charge on any atom is 0.302 e. The van der Waals surface area contributed by atoms with Crippen LogP contribution in [0.5, 0.6) is 0 Å². The second kappa shape index (κ2) is 6.37. The highest BCUT2D eigenvalue weighted by molar-refractivity contribution is 6.30. The van der Waals surface area contributed by atoms with E-state index in [1.807, 2.05) is 0 Å². The van der Waals surface area contributed by atoms with Crippen molar-refractivity contribution in [3.8, 4) is 0 Å². The van der Waals surface area contributed by atoms with Crippen molar-refractivity contribution in [2.75, 3.05) is 10.6 Å². The molecular formula is C15H10ClN3O4. The molecule has 0 spiro atoms. The topological polar surface area (TPSA) is 97.4 Å². The van der Waals surface area contributed by atoms with Gasteiger partial charge in [-0.25, -0.2) is 0 Å². The molecule has 0 aliphatic rings. The average molecular weight is 332 g/mol. The summed E-state index contributed by atoms with van der Waals surface area (Å²) in [5.41, 5.74) is 0.582. The van der Waals surface area contributed by atoms with E-state index in [9.17, 15) is 9.59 Å². The summed E-state index contributed by atoms with van der Waals surface area (Å²) in [5, 5.41) is 5.57. The third kappa shape index (κ3) is 3.58. The van der Waals surface area contributed by atoms with Gasteiger partial charge in [0, 0.05) is 10.7 Å². The van der Waals surface area contributed by atoms with E-state index < -0.39 is 11.8 Å². The molecular weight excluding hydrogens is 322 g/mol. The third-order valence-electron chi connectivity index (χ3n) is 2.80. The minimum atomic E-state index is -0.526. The van der Waals surface area contributed by atoms with E-state index in [0.717, 1.165) is 6.26 Å². The first-order valence-corrected chi connectivity index (χ1v) is 6.87. The first-order chi connectivity index (χ1) is 11.1. The number of hydrogen-bond donors (Lipinski definition) is 2. The van der Waals surface area contributed by atoms with E-state index in [1.165, 1.54) is 12.3 Å². The van der Waals surface area contributed by atoms with Crippen LogP contribution in [0.1, 0.15) is 21.0 Å². The number of aromatic nitrogens is 1. The van der Waals surface area contributed by atoms with Gasteiger partial charge in [-0.2, -0.15) is 4.98 Å². The molecule has 0 aliphatic heterocycles. The second-order valence-electron chi connectivity index (χ2n) is 4.43. The molecule has 2 N–H and O–H groups in total. The predicted molar refractivity (Wildman–Crippen MR) is 82.6 cm³/mol. The van der Waals surface area contributed by atoms with Gasteiger partial charge in [-0.1, -0.05) is 11.6 Å². The molecule has 23 heavy (non-hydrogen) atoms. The van der Waals surface area contributed by atoms with Crippen molar-refractivity contribution in [3.05, 3.63) is 65.4 Å². The number of hydrogen-bond acceptors (Lipinski definition) is 5. The molecule has 2 amide bonds. The number of oxazole rings is 1. The van der Waals surface area contributed by atoms with Gasteiger partial charge in [0.25, 0.3) is 11.8 Å². The maximum absolute atomic E-state index is 12.0. The Morgan fingerprint density at radius 1 is 1.00 bits per heavy atom. The molecule has 2 heterocycles. The number of nitrogens with one attached hydrogen (secondary N) is 2. The number of furan rings is 1. The molecule has 0 radical (unpaired) electrons. The fourth-order valence-electron chi connectivity index (χ4n) is 1.73. The van der Waals surface area contributed by atoms with E-state index in [1.54, 1.807) is 30.3 Å². The summed E-state index contributed by atoms with van der Waals surface area (Å²) in [7, 11) is 0. The molecule has 0 unspecified atom stereocenters. The largest absolute Gasteiger partial charge is 0.459 e. The molecule has 1 aromatic carbocycles. The fourth-order valence-corrected chi connectivity index (χ4v) is 1.86.